The first kappa shape index (κ1) is 17.1. The quantitative estimate of drug-likeness (QED) is 0.491. The van der Waals surface area contributed by atoms with Crippen molar-refractivity contribution >= 4 is 11.9 Å². The van der Waals surface area contributed by atoms with Crippen LogP contribution in [0.3, 0.4) is 0 Å². The molecule has 0 unspecified atom stereocenters. The van der Waals surface area contributed by atoms with Crippen LogP contribution in [0.1, 0.15) is 17.3 Å². The van der Waals surface area contributed by atoms with Gasteiger partial charge in [-0.25, -0.2) is 4.79 Å². The van der Waals surface area contributed by atoms with Crippen LogP contribution in [0.5, 0.6) is 5.75 Å². The van der Waals surface area contributed by atoms with E-state index in [0.717, 1.165) is 11.1 Å². The third-order valence-corrected chi connectivity index (χ3v) is 2.56. The average Bonchev–Trinajstić information content (AvgIpc) is 2.39. The van der Waals surface area contributed by atoms with Gasteiger partial charge < -0.3 is 9.84 Å². The molecule has 0 aliphatic carbocycles. The zero-order valence-corrected chi connectivity index (χ0v) is 14.4. The van der Waals surface area contributed by atoms with E-state index in [0.29, 0.717) is 5.75 Å². The molecule has 2 aromatic rings. The minimum absolute atomic E-state index is 0. The van der Waals surface area contributed by atoms with Crippen LogP contribution in [-0.4, -0.2) is 17.0 Å². The summed E-state index contributed by atoms with van der Waals surface area (Å²) in [4.78, 5) is 21.7. The maximum atomic E-state index is 10.9. The van der Waals surface area contributed by atoms with Crippen LogP contribution in [-0.2, 0) is 4.79 Å². The summed E-state index contributed by atoms with van der Waals surface area (Å²) in [5, 5.41) is 8.94. The van der Waals surface area contributed by atoms with Crippen molar-refractivity contribution in [2.45, 2.75) is 6.92 Å². The summed E-state index contributed by atoms with van der Waals surface area (Å²) in [6.45, 7) is 1.34. The second-order valence-corrected chi connectivity index (χ2v) is 4.00. The molecule has 0 saturated heterocycles. The number of carbonyl (C=O) groups excluding carboxylic acids is 1. The molecule has 2 rings (SSSR count). The number of carboxylic acid groups (broad SMARTS) is 1. The summed E-state index contributed by atoms with van der Waals surface area (Å²) < 4.78 is 4.93. The fourth-order valence-electron chi connectivity index (χ4n) is 1.71. The fraction of sp³-hybridized carbons (Fsp3) is 0.0667. The minimum atomic E-state index is -0.960. The van der Waals surface area contributed by atoms with Crippen LogP contribution in [0.25, 0.3) is 11.1 Å². The molecule has 0 aliphatic rings. The molecule has 1 N–H and O–H groups in total. The van der Waals surface area contributed by atoms with Crippen molar-refractivity contribution in [2.75, 3.05) is 0 Å². The number of esters is 1. The largest absolute Gasteiger partial charge is 1.00 e. The monoisotopic (exact) mass is 295 g/mol. The molecule has 0 aromatic heterocycles. The van der Waals surface area contributed by atoms with Gasteiger partial charge in [-0.2, -0.15) is 0 Å². The number of rotatable bonds is 3. The number of hydrogen-bond donors (Lipinski definition) is 1. The number of ether oxygens (including phenoxy) is 1. The van der Waals surface area contributed by atoms with Gasteiger partial charge in [0.05, 0.1) is 5.56 Å². The van der Waals surface area contributed by atoms with Gasteiger partial charge in [0.2, 0.25) is 0 Å². The molecule has 0 amide bonds. The van der Waals surface area contributed by atoms with Crippen LogP contribution in [0.2, 0.25) is 0 Å². The van der Waals surface area contributed by atoms with Gasteiger partial charge in [0.25, 0.3) is 0 Å². The van der Waals surface area contributed by atoms with Crippen molar-refractivity contribution in [3.63, 3.8) is 0 Å². The fourth-order valence-corrected chi connectivity index (χ4v) is 1.71. The van der Waals surface area contributed by atoms with Crippen molar-refractivity contribution in [3.8, 4) is 16.9 Å². The van der Waals surface area contributed by atoms with E-state index in [1.165, 1.54) is 6.92 Å². The van der Waals surface area contributed by atoms with Crippen LogP contribution in [0, 0.1) is 0 Å². The zero-order chi connectivity index (χ0) is 13.8. The smallest absolute Gasteiger partial charge is 0.478 e. The van der Waals surface area contributed by atoms with E-state index in [4.69, 9.17) is 9.84 Å². The van der Waals surface area contributed by atoms with E-state index >= 15 is 0 Å². The molecule has 0 atom stereocenters. The van der Waals surface area contributed by atoms with Gasteiger partial charge >= 0.3 is 63.3 Å². The summed E-state index contributed by atoms with van der Waals surface area (Å²) in [6.07, 6.45) is 0. The van der Waals surface area contributed by atoms with E-state index in [-0.39, 0.29) is 62.9 Å². The summed E-state index contributed by atoms with van der Waals surface area (Å²) in [7, 11) is 0. The third-order valence-electron chi connectivity index (χ3n) is 2.56. The molecule has 0 saturated carbocycles. The second-order valence-electron chi connectivity index (χ2n) is 4.00. The van der Waals surface area contributed by atoms with Gasteiger partial charge in [-0.05, 0) is 35.4 Å². The second kappa shape index (κ2) is 7.71. The standard InChI is InChI=1S/C15H12O4.K/c1-10(16)19-14-7-5-11(6-8-14)12-3-2-4-13(9-12)15(17)18;/h2-9H,1H3,(H,17,18);/q;+1. The molecule has 0 spiro atoms. The Bertz CT molecular complexity index is 620. The van der Waals surface area contributed by atoms with Crippen molar-refractivity contribution in [2.24, 2.45) is 0 Å². The van der Waals surface area contributed by atoms with E-state index in [1.807, 2.05) is 6.07 Å². The van der Waals surface area contributed by atoms with Crippen molar-refractivity contribution in [1.29, 1.82) is 0 Å². The molecular weight excluding hydrogens is 283 g/mol. The number of hydrogen-bond acceptors (Lipinski definition) is 3. The topological polar surface area (TPSA) is 63.6 Å². The van der Waals surface area contributed by atoms with Crippen molar-refractivity contribution in [1.82, 2.24) is 0 Å². The number of carbonyl (C=O) groups is 2. The predicted molar refractivity (Wildman–Crippen MR) is 70.1 cm³/mol. The van der Waals surface area contributed by atoms with E-state index in [9.17, 15) is 9.59 Å². The first-order valence-corrected chi connectivity index (χ1v) is 5.68. The molecule has 0 aliphatic heterocycles. The molecule has 0 bridgehead atoms. The van der Waals surface area contributed by atoms with E-state index < -0.39 is 5.97 Å². The van der Waals surface area contributed by atoms with Gasteiger partial charge in [-0.3, -0.25) is 4.79 Å². The summed E-state index contributed by atoms with van der Waals surface area (Å²) in [6, 6.07) is 13.6. The maximum absolute atomic E-state index is 10.9. The minimum Gasteiger partial charge on any atom is -0.478 e. The van der Waals surface area contributed by atoms with Crippen molar-refractivity contribution < 1.29 is 70.8 Å². The molecule has 0 radical (unpaired) electrons. The Hall–Kier alpha value is -0.984. The van der Waals surface area contributed by atoms with Crippen LogP contribution >= 0.6 is 0 Å². The summed E-state index contributed by atoms with van der Waals surface area (Å²) in [5.41, 5.74) is 1.90. The number of benzene rings is 2. The van der Waals surface area contributed by atoms with Gasteiger partial charge in [-0.15, -0.1) is 0 Å². The van der Waals surface area contributed by atoms with E-state index in [2.05, 4.69) is 0 Å². The average molecular weight is 295 g/mol. The van der Waals surface area contributed by atoms with E-state index in [1.54, 1.807) is 42.5 Å². The number of aromatic carboxylic acids is 1. The molecule has 20 heavy (non-hydrogen) atoms. The van der Waals surface area contributed by atoms with Gasteiger partial charge in [0, 0.05) is 6.92 Å². The maximum Gasteiger partial charge on any atom is 1.00 e. The van der Waals surface area contributed by atoms with Gasteiger partial charge in [-0.1, -0.05) is 24.3 Å². The Labute approximate surface area is 159 Å². The van der Waals surface area contributed by atoms with Crippen LogP contribution in [0.15, 0.2) is 48.5 Å². The van der Waals surface area contributed by atoms with Gasteiger partial charge in [0.1, 0.15) is 5.75 Å². The zero-order valence-electron chi connectivity index (χ0n) is 11.3. The molecule has 0 heterocycles. The van der Waals surface area contributed by atoms with Gasteiger partial charge in [0.15, 0.2) is 0 Å². The summed E-state index contributed by atoms with van der Waals surface area (Å²) in [5.74, 6) is -0.871. The summed E-state index contributed by atoms with van der Waals surface area (Å²) >= 11 is 0. The first-order valence-electron chi connectivity index (χ1n) is 5.68. The Morgan fingerprint density at radius 3 is 2.20 bits per heavy atom. The molecule has 4 nitrogen and oxygen atoms in total. The van der Waals surface area contributed by atoms with Crippen LogP contribution < -0.4 is 56.1 Å². The van der Waals surface area contributed by atoms with Crippen molar-refractivity contribution in [3.05, 3.63) is 54.1 Å². The molecular formula is C15H12KO4+. The molecule has 96 valence electrons. The Kier molecular flexibility index (Phi) is 6.58. The number of carboxylic acids is 1. The SMILES string of the molecule is CC(=O)Oc1ccc(-c2cccc(C(=O)O)c2)cc1.[K+]. The first-order chi connectivity index (χ1) is 9.06. The Morgan fingerprint density at radius 2 is 1.65 bits per heavy atom. The van der Waals surface area contributed by atoms with Crippen LogP contribution in [0.4, 0.5) is 0 Å². The molecule has 0 fully saturated rings. The normalized spacial score (nSPS) is 9.45. The molecule has 2 aromatic carbocycles. The third kappa shape index (κ3) is 4.54. The molecule has 5 heteroatoms. The Balaban J connectivity index is 0.00000200. The predicted octanol–water partition coefficient (Wildman–Crippen LogP) is -0.0189. The Morgan fingerprint density at radius 1 is 1.00 bits per heavy atom.